The minimum Gasteiger partial charge on any atom is -0.378 e. The zero-order valence-electron chi connectivity index (χ0n) is 12.5. The van der Waals surface area contributed by atoms with Crippen LogP contribution in [0.1, 0.15) is 15.9 Å². The Hall–Kier alpha value is -2.47. The van der Waals surface area contributed by atoms with Crippen molar-refractivity contribution in [3.63, 3.8) is 0 Å². The monoisotopic (exact) mass is 298 g/mol. The van der Waals surface area contributed by atoms with Crippen LogP contribution in [0.3, 0.4) is 0 Å². The first kappa shape index (κ1) is 14.5. The van der Waals surface area contributed by atoms with Crippen molar-refractivity contribution in [2.45, 2.75) is 6.92 Å². The molecule has 0 saturated carbocycles. The summed E-state index contributed by atoms with van der Waals surface area (Å²) >= 11 is 0. The minimum atomic E-state index is -0.162. The average molecular weight is 298 g/mol. The summed E-state index contributed by atoms with van der Waals surface area (Å²) in [6.45, 7) is 4.88. The Morgan fingerprint density at radius 1 is 1.23 bits per heavy atom. The zero-order chi connectivity index (χ0) is 15.4. The molecule has 6 heteroatoms. The molecule has 0 spiro atoms. The van der Waals surface area contributed by atoms with E-state index in [1.807, 2.05) is 25.1 Å². The van der Waals surface area contributed by atoms with E-state index in [1.54, 1.807) is 12.1 Å². The second-order valence-electron chi connectivity index (χ2n) is 5.13. The van der Waals surface area contributed by atoms with E-state index in [1.165, 1.54) is 6.33 Å². The molecular weight excluding hydrogens is 280 g/mol. The van der Waals surface area contributed by atoms with Crippen LogP contribution in [-0.2, 0) is 4.74 Å². The molecule has 1 fully saturated rings. The number of hydrogen-bond acceptors (Lipinski definition) is 5. The van der Waals surface area contributed by atoms with Crippen molar-refractivity contribution < 1.29 is 9.53 Å². The van der Waals surface area contributed by atoms with Crippen LogP contribution in [0.25, 0.3) is 0 Å². The van der Waals surface area contributed by atoms with E-state index in [0.29, 0.717) is 24.6 Å². The van der Waals surface area contributed by atoms with Crippen LogP contribution in [0.4, 0.5) is 11.6 Å². The van der Waals surface area contributed by atoms with Crippen molar-refractivity contribution in [1.29, 1.82) is 0 Å². The van der Waals surface area contributed by atoms with E-state index < -0.39 is 0 Å². The zero-order valence-corrected chi connectivity index (χ0v) is 12.5. The molecule has 114 valence electrons. The van der Waals surface area contributed by atoms with Crippen LogP contribution in [0.2, 0.25) is 0 Å². The third kappa shape index (κ3) is 3.23. The smallest absolute Gasteiger partial charge is 0.257 e. The van der Waals surface area contributed by atoms with Crippen LogP contribution < -0.4 is 10.2 Å². The predicted octanol–water partition coefficient (Wildman–Crippen LogP) is 1.87. The lowest BCUT2D eigenvalue weighted by Crippen LogP contribution is -2.36. The Balaban J connectivity index is 1.75. The van der Waals surface area contributed by atoms with Crippen LogP contribution in [0.5, 0.6) is 0 Å². The second-order valence-corrected chi connectivity index (χ2v) is 5.13. The highest BCUT2D eigenvalue weighted by Crippen LogP contribution is 2.16. The van der Waals surface area contributed by atoms with Crippen molar-refractivity contribution in [2.75, 3.05) is 36.5 Å². The van der Waals surface area contributed by atoms with E-state index in [0.717, 1.165) is 24.5 Å². The van der Waals surface area contributed by atoms with Crippen LogP contribution in [0, 0.1) is 6.92 Å². The molecule has 0 radical (unpaired) electrons. The van der Waals surface area contributed by atoms with Crippen LogP contribution in [0.15, 0.2) is 36.7 Å². The molecule has 0 bridgehead atoms. The fourth-order valence-corrected chi connectivity index (χ4v) is 2.39. The van der Waals surface area contributed by atoms with Gasteiger partial charge < -0.3 is 15.0 Å². The predicted molar refractivity (Wildman–Crippen MR) is 84.2 cm³/mol. The molecule has 1 aromatic heterocycles. The number of carbonyl (C=O) groups excluding carboxylic acids is 1. The van der Waals surface area contributed by atoms with Gasteiger partial charge in [-0.1, -0.05) is 18.2 Å². The maximum absolute atomic E-state index is 12.3. The van der Waals surface area contributed by atoms with Crippen LogP contribution in [-0.4, -0.2) is 42.2 Å². The summed E-state index contributed by atoms with van der Waals surface area (Å²) in [5, 5.41) is 2.83. The van der Waals surface area contributed by atoms with Crippen molar-refractivity contribution in [3.8, 4) is 0 Å². The summed E-state index contributed by atoms with van der Waals surface area (Å²) in [7, 11) is 0. The lowest BCUT2D eigenvalue weighted by atomic mass is 10.1. The van der Waals surface area contributed by atoms with Gasteiger partial charge in [0.1, 0.15) is 18.0 Å². The first-order valence-corrected chi connectivity index (χ1v) is 7.26. The Kier molecular flexibility index (Phi) is 4.29. The van der Waals surface area contributed by atoms with Gasteiger partial charge in [0.25, 0.3) is 5.91 Å². The third-order valence-corrected chi connectivity index (χ3v) is 3.62. The second kappa shape index (κ2) is 6.53. The lowest BCUT2D eigenvalue weighted by Gasteiger charge is -2.27. The van der Waals surface area contributed by atoms with Gasteiger partial charge in [0.05, 0.1) is 13.2 Å². The van der Waals surface area contributed by atoms with Crippen molar-refractivity contribution in [3.05, 3.63) is 47.8 Å². The number of carbonyl (C=O) groups is 1. The number of anilines is 2. The molecule has 3 rings (SSSR count). The van der Waals surface area contributed by atoms with E-state index in [2.05, 4.69) is 20.2 Å². The van der Waals surface area contributed by atoms with Crippen molar-refractivity contribution >= 4 is 17.5 Å². The molecule has 0 unspecified atom stereocenters. The highest BCUT2D eigenvalue weighted by molar-refractivity contribution is 6.04. The van der Waals surface area contributed by atoms with Crippen LogP contribution >= 0.6 is 0 Å². The number of amides is 1. The Morgan fingerprint density at radius 3 is 2.77 bits per heavy atom. The Morgan fingerprint density at radius 2 is 2.00 bits per heavy atom. The standard InChI is InChI=1S/C16H18N4O2/c1-12-4-2-3-5-13(12)16(21)19-14-10-15(18-11-17-14)20-6-8-22-9-7-20/h2-5,10-11H,6-9H2,1H3,(H,17,18,19,21). The molecule has 0 aliphatic carbocycles. The summed E-state index contributed by atoms with van der Waals surface area (Å²) < 4.78 is 5.33. The number of ether oxygens (including phenoxy) is 1. The van der Waals surface area contributed by atoms with Gasteiger partial charge in [0.2, 0.25) is 0 Å². The van der Waals surface area contributed by atoms with Gasteiger partial charge in [-0.15, -0.1) is 0 Å². The molecule has 1 aliphatic rings. The van der Waals surface area contributed by atoms with Gasteiger partial charge in [0.15, 0.2) is 0 Å². The van der Waals surface area contributed by atoms with Gasteiger partial charge in [-0.2, -0.15) is 0 Å². The molecule has 2 heterocycles. The number of benzene rings is 1. The maximum atomic E-state index is 12.3. The van der Waals surface area contributed by atoms with E-state index >= 15 is 0 Å². The first-order chi connectivity index (χ1) is 10.7. The number of hydrogen-bond donors (Lipinski definition) is 1. The molecule has 2 aromatic rings. The summed E-state index contributed by atoms with van der Waals surface area (Å²) in [6.07, 6.45) is 1.47. The number of rotatable bonds is 3. The van der Waals surface area contributed by atoms with E-state index in [4.69, 9.17) is 4.74 Å². The fourth-order valence-electron chi connectivity index (χ4n) is 2.39. The number of nitrogens with zero attached hydrogens (tertiary/aromatic N) is 3. The van der Waals surface area contributed by atoms with Gasteiger partial charge in [0, 0.05) is 24.7 Å². The van der Waals surface area contributed by atoms with E-state index in [-0.39, 0.29) is 5.91 Å². The molecule has 1 aliphatic heterocycles. The summed E-state index contributed by atoms with van der Waals surface area (Å²) in [5.74, 6) is 1.15. The Bertz CT molecular complexity index is 669. The number of morpholine rings is 1. The lowest BCUT2D eigenvalue weighted by molar-refractivity contribution is 0.102. The highest BCUT2D eigenvalue weighted by Gasteiger charge is 2.14. The SMILES string of the molecule is Cc1ccccc1C(=O)Nc1cc(N2CCOCC2)ncn1. The van der Waals surface area contributed by atoms with Gasteiger partial charge >= 0.3 is 0 Å². The summed E-state index contributed by atoms with van der Waals surface area (Å²) in [4.78, 5) is 22.8. The molecule has 22 heavy (non-hydrogen) atoms. The number of nitrogens with one attached hydrogen (secondary N) is 1. The highest BCUT2D eigenvalue weighted by atomic mass is 16.5. The topological polar surface area (TPSA) is 67.4 Å². The normalized spacial score (nSPS) is 14.7. The average Bonchev–Trinajstić information content (AvgIpc) is 2.56. The molecule has 0 atom stereocenters. The summed E-state index contributed by atoms with van der Waals surface area (Å²) in [6, 6.07) is 9.26. The van der Waals surface area contributed by atoms with Gasteiger partial charge in [-0.25, -0.2) is 9.97 Å². The molecule has 1 saturated heterocycles. The molecule has 6 nitrogen and oxygen atoms in total. The molecule has 1 amide bonds. The van der Waals surface area contributed by atoms with Crippen molar-refractivity contribution in [2.24, 2.45) is 0 Å². The van der Waals surface area contributed by atoms with E-state index in [9.17, 15) is 4.79 Å². The van der Waals surface area contributed by atoms with Gasteiger partial charge in [-0.05, 0) is 18.6 Å². The summed E-state index contributed by atoms with van der Waals surface area (Å²) in [5.41, 5.74) is 1.58. The first-order valence-electron chi connectivity index (χ1n) is 7.26. The third-order valence-electron chi connectivity index (χ3n) is 3.62. The Labute approximate surface area is 129 Å². The van der Waals surface area contributed by atoms with Crippen molar-refractivity contribution in [1.82, 2.24) is 9.97 Å². The quantitative estimate of drug-likeness (QED) is 0.937. The number of aryl methyl sites for hydroxylation is 1. The molecule has 1 N–H and O–H groups in total. The number of aromatic nitrogens is 2. The minimum absolute atomic E-state index is 0.162. The van der Waals surface area contributed by atoms with Gasteiger partial charge in [-0.3, -0.25) is 4.79 Å². The maximum Gasteiger partial charge on any atom is 0.257 e. The molecular formula is C16H18N4O2. The molecule has 1 aromatic carbocycles. The fraction of sp³-hybridized carbons (Fsp3) is 0.312. The largest absolute Gasteiger partial charge is 0.378 e.